The fraction of sp³-hybridized carbons (Fsp3) is 0.483. The van der Waals surface area contributed by atoms with Gasteiger partial charge in [-0.15, -0.1) is 0 Å². The molecule has 5 heteroatoms. The number of hydrogen-bond donors (Lipinski definition) is 2. The highest BCUT2D eigenvalue weighted by Gasteiger charge is 2.25. The lowest BCUT2D eigenvalue weighted by molar-refractivity contribution is 0.150. The molecular weight excluding hydrogens is 424 g/mol. The highest BCUT2D eigenvalue weighted by Crippen LogP contribution is 2.45. The molecule has 2 aromatic rings. The maximum atomic E-state index is 13.1. The molecule has 0 saturated carbocycles. The molecule has 0 aromatic heterocycles. The van der Waals surface area contributed by atoms with E-state index in [0.717, 1.165) is 79.4 Å². The third-order valence-corrected chi connectivity index (χ3v) is 6.78. The number of hydrogen-bond acceptors (Lipinski definition) is 3. The summed E-state index contributed by atoms with van der Waals surface area (Å²) < 4.78 is 0. The van der Waals surface area contributed by atoms with Crippen molar-refractivity contribution in [1.29, 1.82) is 0 Å². The molecule has 2 amide bonds. The monoisotopic (exact) mass is 464 g/mol. The summed E-state index contributed by atoms with van der Waals surface area (Å²) in [6, 6.07) is 7.73. The molecule has 2 aromatic carbocycles. The predicted octanol–water partition coefficient (Wildman–Crippen LogP) is 6.88. The molecule has 0 bridgehead atoms. The van der Waals surface area contributed by atoms with Crippen LogP contribution in [0, 0.1) is 6.92 Å². The number of carbonyl (C=O) groups is 1. The maximum Gasteiger partial charge on any atom is 0.320 e. The number of unbranched alkanes of at least 4 members (excludes halogenated alkanes) is 2. The molecule has 0 atom stereocenters. The lowest BCUT2D eigenvalue weighted by atomic mass is 9.89. The molecule has 1 aliphatic heterocycles. The Bertz CT molecular complexity index is 1040. The summed E-state index contributed by atoms with van der Waals surface area (Å²) in [6.45, 7) is 12.0. The van der Waals surface area contributed by atoms with Crippen LogP contribution < -0.4 is 0 Å². The van der Waals surface area contributed by atoms with Gasteiger partial charge in [0, 0.05) is 25.7 Å². The molecule has 5 nitrogen and oxygen atoms in total. The van der Waals surface area contributed by atoms with Crippen LogP contribution in [0.15, 0.2) is 30.8 Å². The van der Waals surface area contributed by atoms with E-state index < -0.39 is 0 Å². The number of aryl methyl sites for hydroxylation is 2. The van der Waals surface area contributed by atoms with Gasteiger partial charge in [-0.2, -0.15) is 0 Å². The van der Waals surface area contributed by atoms with Crippen molar-refractivity contribution >= 4 is 11.6 Å². The van der Waals surface area contributed by atoms with Crippen molar-refractivity contribution < 1.29 is 15.0 Å². The summed E-state index contributed by atoms with van der Waals surface area (Å²) in [5.41, 5.74) is 5.56. The standard InChI is InChI=1S/C29H40N2O3/c1-6-7-9-12-22-18-26(32)27(24-17-21(4)13-14-23(24)20(2)3)28(33)25(22)19-30(5)29(34)31-15-10-8-11-16-31/h13-14,17-18,32-33H,2,6-12,15-16,19H2,1,3-5H3. The number of phenols is 2. The van der Waals surface area contributed by atoms with Crippen LogP contribution >= 0.6 is 0 Å². The van der Waals surface area contributed by atoms with E-state index in [2.05, 4.69) is 13.5 Å². The third-order valence-electron chi connectivity index (χ3n) is 6.78. The van der Waals surface area contributed by atoms with Crippen LogP contribution in [0.4, 0.5) is 4.79 Å². The van der Waals surface area contributed by atoms with Crippen LogP contribution in [0.5, 0.6) is 11.5 Å². The average Bonchev–Trinajstić information content (AvgIpc) is 2.81. The quantitative estimate of drug-likeness (QED) is 0.419. The number of aromatic hydroxyl groups is 2. The van der Waals surface area contributed by atoms with Crippen LogP contribution in [0.3, 0.4) is 0 Å². The summed E-state index contributed by atoms with van der Waals surface area (Å²) >= 11 is 0. The molecule has 0 aliphatic carbocycles. The molecule has 3 rings (SSSR count). The van der Waals surface area contributed by atoms with Gasteiger partial charge < -0.3 is 20.0 Å². The van der Waals surface area contributed by atoms with Gasteiger partial charge in [0.25, 0.3) is 0 Å². The fourth-order valence-corrected chi connectivity index (χ4v) is 4.85. The first kappa shape index (κ1) is 25.7. The van der Waals surface area contributed by atoms with E-state index in [1.54, 1.807) is 18.0 Å². The van der Waals surface area contributed by atoms with E-state index in [1.165, 1.54) is 6.42 Å². The van der Waals surface area contributed by atoms with Gasteiger partial charge in [-0.1, -0.05) is 55.7 Å². The molecule has 0 unspecified atom stereocenters. The highest BCUT2D eigenvalue weighted by molar-refractivity contribution is 5.87. The van der Waals surface area contributed by atoms with Crippen LogP contribution in [-0.2, 0) is 13.0 Å². The maximum absolute atomic E-state index is 13.1. The molecular formula is C29H40N2O3. The Morgan fingerprint density at radius 2 is 1.82 bits per heavy atom. The molecule has 0 spiro atoms. The second-order valence-corrected chi connectivity index (χ2v) is 9.73. The van der Waals surface area contributed by atoms with Crippen molar-refractivity contribution in [1.82, 2.24) is 9.80 Å². The van der Waals surface area contributed by atoms with E-state index >= 15 is 0 Å². The lowest BCUT2D eigenvalue weighted by Gasteiger charge is -2.31. The van der Waals surface area contributed by atoms with Gasteiger partial charge in [0.2, 0.25) is 0 Å². The number of carbonyl (C=O) groups excluding carboxylic acids is 1. The molecule has 1 saturated heterocycles. The van der Waals surface area contributed by atoms with Crippen molar-refractivity contribution in [2.24, 2.45) is 0 Å². The van der Waals surface area contributed by atoms with Crippen molar-refractivity contribution in [2.45, 2.75) is 72.3 Å². The highest BCUT2D eigenvalue weighted by atomic mass is 16.3. The summed E-state index contributed by atoms with van der Waals surface area (Å²) in [5.74, 6) is 0.115. The molecule has 34 heavy (non-hydrogen) atoms. The zero-order valence-corrected chi connectivity index (χ0v) is 21.3. The number of amides is 2. The minimum atomic E-state index is -0.00795. The van der Waals surface area contributed by atoms with Gasteiger partial charge in [-0.25, -0.2) is 4.79 Å². The van der Waals surface area contributed by atoms with Gasteiger partial charge >= 0.3 is 6.03 Å². The Kier molecular flexibility index (Phi) is 8.65. The zero-order chi connectivity index (χ0) is 24.8. The fourth-order valence-electron chi connectivity index (χ4n) is 4.85. The van der Waals surface area contributed by atoms with Crippen LogP contribution in [0.25, 0.3) is 16.7 Å². The van der Waals surface area contributed by atoms with Gasteiger partial charge in [-0.05, 0) is 68.7 Å². The van der Waals surface area contributed by atoms with Gasteiger partial charge in [-0.3, -0.25) is 0 Å². The second-order valence-electron chi connectivity index (χ2n) is 9.73. The topological polar surface area (TPSA) is 64.0 Å². The predicted molar refractivity (Wildman–Crippen MR) is 140 cm³/mol. The zero-order valence-electron chi connectivity index (χ0n) is 21.3. The molecule has 1 aliphatic rings. The number of urea groups is 1. The molecule has 0 radical (unpaired) electrons. The third kappa shape index (κ3) is 5.75. The smallest absolute Gasteiger partial charge is 0.320 e. The normalized spacial score (nSPS) is 13.7. The summed E-state index contributed by atoms with van der Waals surface area (Å²) in [7, 11) is 1.80. The van der Waals surface area contributed by atoms with Crippen molar-refractivity contribution in [3.8, 4) is 22.6 Å². The number of piperidine rings is 1. The van der Waals surface area contributed by atoms with E-state index in [-0.39, 0.29) is 17.5 Å². The Hall–Kier alpha value is -2.95. The SMILES string of the molecule is C=C(C)c1ccc(C)cc1-c1c(O)cc(CCCCC)c(CN(C)C(=O)N2CCCCC2)c1O. The van der Waals surface area contributed by atoms with Crippen molar-refractivity contribution in [3.05, 3.63) is 53.1 Å². The Labute approximate surface area is 204 Å². The minimum absolute atomic E-state index is 0.00795. The van der Waals surface area contributed by atoms with Crippen LogP contribution in [0.2, 0.25) is 0 Å². The lowest BCUT2D eigenvalue weighted by Crippen LogP contribution is -2.43. The molecule has 2 N–H and O–H groups in total. The number of nitrogens with zero attached hydrogens (tertiary/aromatic N) is 2. The van der Waals surface area contributed by atoms with E-state index in [9.17, 15) is 15.0 Å². The van der Waals surface area contributed by atoms with E-state index in [1.807, 2.05) is 36.9 Å². The Morgan fingerprint density at radius 3 is 2.47 bits per heavy atom. The summed E-state index contributed by atoms with van der Waals surface area (Å²) in [5, 5.41) is 22.6. The second kappa shape index (κ2) is 11.5. The number of phenolic OH excluding ortho intramolecular Hbond substituents is 2. The largest absolute Gasteiger partial charge is 0.507 e. The number of rotatable bonds is 8. The molecule has 1 fully saturated rings. The molecule has 184 valence electrons. The van der Waals surface area contributed by atoms with Crippen LogP contribution in [-0.4, -0.2) is 46.2 Å². The van der Waals surface area contributed by atoms with Crippen molar-refractivity contribution in [3.63, 3.8) is 0 Å². The summed E-state index contributed by atoms with van der Waals surface area (Å²) in [4.78, 5) is 16.7. The number of benzene rings is 2. The van der Waals surface area contributed by atoms with Crippen LogP contribution in [0.1, 0.15) is 74.6 Å². The van der Waals surface area contributed by atoms with E-state index in [4.69, 9.17) is 0 Å². The number of allylic oxidation sites excluding steroid dienone is 1. The average molecular weight is 465 g/mol. The first-order chi connectivity index (χ1) is 16.2. The van der Waals surface area contributed by atoms with Gasteiger partial charge in [0.1, 0.15) is 11.5 Å². The van der Waals surface area contributed by atoms with Gasteiger partial charge in [0.15, 0.2) is 0 Å². The number of likely N-dealkylation sites (tertiary alicyclic amines) is 1. The molecule has 1 heterocycles. The first-order valence-corrected chi connectivity index (χ1v) is 12.6. The first-order valence-electron chi connectivity index (χ1n) is 12.6. The van der Waals surface area contributed by atoms with Crippen molar-refractivity contribution in [2.75, 3.05) is 20.1 Å². The Morgan fingerprint density at radius 1 is 1.12 bits per heavy atom. The van der Waals surface area contributed by atoms with Gasteiger partial charge in [0.05, 0.1) is 12.1 Å². The van der Waals surface area contributed by atoms with E-state index in [0.29, 0.717) is 17.7 Å². The Balaban J connectivity index is 2.06. The summed E-state index contributed by atoms with van der Waals surface area (Å²) in [6.07, 6.45) is 7.11. The minimum Gasteiger partial charge on any atom is -0.507 e.